The minimum absolute atomic E-state index is 0.0767. The number of amides is 2. The molecular weight excluding hydrogens is 356 g/mol. The van der Waals surface area contributed by atoms with Gasteiger partial charge in [0.1, 0.15) is 0 Å². The van der Waals surface area contributed by atoms with Crippen LogP contribution in [0.3, 0.4) is 0 Å². The van der Waals surface area contributed by atoms with Crippen LogP contribution in [0.2, 0.25) is 0 Å². The number of benzene rings is 1. The highest BCUT2D eigenvalue weighted by molar-refractivity contribution is 5.97. The number of carbonyl (C=O) groups excluding carboxylic acids is 3. The van der Waals surface area contributed by atoms with Gasteiger partial charge in [0.05, 0.1) is 5.56 Å². The number of likely N-dealkylation sites (tertiary alicyclic amines) is 1. The van der Waals surface area contributed by atoms with Gasteiger partial charge in [-0.25, -0.2) is 4.79 Å². The second kappa shape index (κ2) is 8.33. The summed E-state index contributed by atoms with van der Waals surface area (Å²) in [5, 5.41) is 0. The predicted octanol–water partition coefficient (Wildman–Crippen LogP) is 3.15. The molecular formula is C22H28N2O4. The van der Waals surface area contributed by atoms with Crippen LogP contribution in [-0.2, 0) is 14.3 Å². The quantitative estimate of drug-likeness (QED) is 0.748. The maximum Gasteiger partial charge on any atom is 0.338 e. The van der Waals surface area contributed by atoms with Crippen LogP contribution >= 0.6 is 0 Å². The molecule has 0 aromatic heterocycles. The fraction of sp³-hybridized carbons (Fsp3) is 0.591. The first-order chi connectivity index (χ1) is 13.6. The molecule has 2 atom stereocenters. The van der Waals surface area contributed by atoms with Gasteiger partial charge in [0, 0.05) is 31.2 Å². The predicted molar refractivity (Wildman–Crippen MR) is 105 cm³/mol. The number of hydrogen-bond donors (Lipinski definition) is 0. The Morgan fingerprint density at radius 1 is 1.04 bits per heavy atom. The van der Waals surface area contributed by atoms with E-state index in [4.69, 9.17) is 4.74 Å². The maximum atomic E-state index is 12.7. The van der Waals surface area contributed by atoms with Crippen LogP contribution in [-0.4, -0.2) is 48.4 Å². The number of hydrogen-bond acceptors (Lipinski definition) is 4. The van der Waals surface area contributed by atoms with Gasteiger partial charge in [0.2, 0.25) is 5.91 Å². The van der Waals surface area contributed by atoms with Gasteiger partial charge in [-0.1, -0.05) is 18.9 Å². The highest BCUT2D eigenvalue weighted by atomic mass is 16.5. The minimum atomic E-state index is -0.515. The zero-order chi connectivity index (χ0) is 19.5. The molecule has 0 spiro atoms. The van der Waals surface area contributed by atoms with E-state index < -0.39 is 5.97 Å². The number of esters is 1. The van der Waals surface area contributed by atoms with Crippen LogP contribution in [0.15, 0.2) is 24.3 Å². The Labute approximate surface area is 165 Å². The molecule has 3 aliphatic rings. The molecule has 2 saturated heterocycles. The lowest BCUT2D eigenvalue weighted by atomic mass is 9.78. The molecule has 3 fully saturated rings. The first kappa shape index (κ1) is 19.0. The Balaban J connectivity index is 1.36. The van der Waals surface area contributed by atoms with Crippen molar-refractivity contribution < 1.29 is 19.1 Å². The Morgan fingerprint density at radius 2 is 1.86 bits per heavy atom. The molecule has 6 heteroatoms. The number of rotatable bonds is 4. The van der Waals surface area contributed by atoms with Crippen molar-refractivity contribution in [2.24, 2.45) is 5.92 Å². The molecule has 150 valence electrons. The van der Waals surface area contributed by atoms with Crippen LogP contribution in [0.25, 0.3) is 0 Å². The lowest BCUT2D eigenvalue weighted by molar-refractivity contribution is -0.140. The number of anilines is 1. The van der Waals surface area contributed by atoms with E-state index in [9.17, 15) is 14.4 Å². The second-order valence-corrected chi connectivity index (χ2v) is 8.12. The molecule has 2 aliphatic heterocycles. The van der Waals surface area contributed by atoms with E-state index in [0.717, 1.165) is 25.8 Å². The molecule has 2 heterocycles. The third kappa shape index (κ3) is 3.91. The average molecular weight is 384 g/mol. The van der Waals surface area contributed by atoms with Crippen molar-refractivity contribution in [3.63, 3.8) is 0 Å². The summed E-state index contributed by atoms with van der Waals surface area (Å²) in [4.78, 5) is 40.7. The van der Waals surface area contributed by atoms with E-state index in [2.05, 4.69) is 0 Å². The molecule has 0 N–H and O–H groups in total. The van der Waals surface area contributed by atoms with E-state index in [1.165, 1.54) is 25.7 Å². The van der Waals surface area contributed by atoms with E-state index in [0.29, 0.717) is 36.2 Å². The molecule has 6 nitrogen and oxygen atoms in total. The Morgan fingerprint density at radius 3 is 2.68 bits per heavy atom. The summed E-state index contributed by atoms with van der Waals surface area (Å²) in [5.74, 6) is 0.0829. The number of carbonyl (C=O) groups is 3. The number of piperidine rings is 1. The zero-order valence-electron chi connectivity index (χ0n) is 16.3. The summed E-state index contributed by atoms with van der Waals surface area (Å²) < 4.78 is 5.33. The maximum absolute atomic E-state index is 12.7. The largest absolute Gasteiger partial charge is 0.452 e. The first-order valence-corrected chi connectivity index (χ1v) is 10.5. The van der Waals surface area contributed by atoms with Crippen molar-refractivity contribution in [3.05, 3.63) is 29.8 Å². The third-order valence-electron chi connectivity index (χ3n) is 6.36. The topological polar surface area (TPSA) is 66.9 Å². The zero-order valence-corrected chi connectivity index (χ0v) is 16.3. The summed E-state index contributed by atoms with van der Waals surface area (Å²) >= 11 is 0. The highest BCUT2D eigenvalue weighted by Gasteiger charge is 2.35. The minimum Gasteiger partial charge on any atom is -0.452 e. The van der Waals surface area contributed by atoms with E-state index in [1.54, 1.807) is 23.1 Å². The van der Waals surface area contributed by atoms with Gasteiger partial charge in [-0.2, -0.15) is 0 Å². The van der Waals surface area contributed by atoms with E-state index in [1.807, 2.05) is 11.0 Å². The molecule has 2 amide bonds. The van der Waals surface area contributed by atoms with Crippen molar-refractivity contribution >= 4 is 23.5 Å². The van der Waals surface area contributed by atoms with Gasteiger partial charge in [0.25, 0.3) is 5.91 Å². The van der Waals surface area contributed by atoms with Crippen molar-refractivity contribution in [3.8, 4) is 0 Å². The van der Waals surface area contributed by atoms with Crippen LogP contribution in [0, 0.1) is 5.92 Å². The Bertz CT molecular complexity index is 761. The highest BCUT2D eigenvalue weighted by Crippen LogP contribution is 2.35. The van der Waals surface area contributed by atoms with Crippen LogP contribution < -0.4 is 4.90 Å². The molecule has 0 radical (unpaired) electrons. The summed E-state index contributed by atoms with van der Waals surface area (Å²) in [6.45, 7) is 1.23. The van der Waals surface area contributed by atoms with Crippen molar-refractivity contribution in [2.45, 2.75) is 57.4 Å². The van der Waals surface area contributed by atoms with Gasteiger partial charge in [-0.05, 0) is 56.2 Å². The van der Waals surface area contributed by atoms with E-state index >= 15 is 0 Å². The lowest BCUT2D eigenvalue weighted by Gasteiger charge is -2.44. The lowest BCUT2D eigenvalue weighted by Crippen LogP contribution is -2.50. The summed E-state index contributed by atoms with van der Waals surface area (Å²) in [5.41, 5.74) is 1.09. The van der Waals surface area contributed by atoms with Crippen LogP contribution in [0.4, 0.5) is 5.69 Å². The SMILES string of the molecule is O=C(OCC(=O)N1CCC[C@@H]2CCCC[C@H]21)c1cccc(N2CCCC2=O)c1. The third-order valence-corrected chi connectivity index (χ3v) is 6.36. The second-order valence-electron chi connectivity index (χ2n) is 8.12. The average Bonchev–Trinajstić information content (AvgIpc) is 3.17. The Kier molecular flexibility index (Phi) is 5.64. The monoisotopic (exact) mass is 384 g/mol. The van der Waals surface area contributed by atoms with Crippen molar-refractivity contribution in [2.75, 3.05) is 24.6 Å². The molecule has 0 unspecified atom stereocenters. The van der Waals surface area contributed by atoms with Crippen molar-refractivity contribution in [1.82, 2.24) is 4.90 Å². The molecule has 1 aliphatic carbocycles. The van der Waals surface area contributed by atoms with Gasteiger partial charge in [0.15, 0.2) is 6.61 Å². The van der Waals surface area contributed by atoms with Gasteiger partial charge in [-0.3, -0.25) is 9.59 Å². The summed E-state index contributed by atoms with van der Waals surface area (Å²) in [7, 11) is 0. The molecule has 28 heavy (non-hydrogen) atoms. The summed E-state index contributed by atoms with van der Waals surface area (Å²) in [6.07, 6.45) is 8.32. The van der Waals surface area contributed by atoms with Crippen LogP contribution in [0.5, 0.6) is 0 Å². The molecule has 1 aromatic rings. The van der Waals surface area contributed by atoms with Gasteiger partial charge < -0.3 is 14.5 Å². The normalized spacial score (nSPS) is 24.8. The van der Waals surface area contributed by atoms with Crippen LogP contribution in [0.1, 0.15) is 61.7 Å². The fourth-order valence-corrected chi connectivity index (χ4v) is 4.95. The summed E-state index contributed by atoms with van der Waals surface area (Å²) in [6, 6.07) is 7.22. The molecule has 1 aromatic carbocycles. The standard InChI is InChI=1S/C22H28N2O4/c25-20-11-5-12-23(20)18-9-3-7-17(14-18)22(27)28-15-21(26)24-13-4-8-16-6-1-2-10-19(16)24/h3,7,9,14,16,19H,1-2,4-6,8,10-13,15H2/t16-,19+/m0/s1. The molecule has 1 saturated carbocycles. The fourth-order valence-electron chi connectivity index (χ4n) is 4.95. The first-order valence-electron chi connectivity index (χ1n) is 10.5. The van der Waals surface area contributed by atoms with Gasteiger partial charge >= 0.3 is 5.97 Å². The number of ether oxygens (including phenoxy) is 1. The Hall–Kier alpha value is -2.37. The van der Waals surface area contributed by atoms with Crippen molar-refractivity contribution in [1.29, 1.82) is 0 Å². The molecule has 4 rings (SSSR count). The van der Waals surface area contributed by atoms with Gasteiger partial charge in [-0.15, -0.1) is 0 Å². The number of nitrogens with zero attached hydrogens (tertiary/aromatic N) is 2. The molecule has 0 bridgehead atoms. The van der Waals surface area contributed by atoms with E-state index in [-0.39, 0.29) is 18.4 Å². The number of fused-ring (bicyclic) bond motifs is 1. The smallest absolute Gasteiger partial charge is 0.338 e.